The first kappa shape index (κ1) is 17.1. The summed E-state index contributed by atoms with van der Waals surface area (Å²) in [5.41, 5.74) is 0.450. The van der Waals surface area contributed by atoms with E-state index in [9.17, 15) is 9.90 Å². The van der Waals surface area contributed by atoms with E-state index >= 15 is 0 Å². The number of carbonyl (C=O) groups excluding carboxylic acids is 1. The fourth-order valence-corrected chi connectivity index (χ4v) is 2.14. The molecule has 0 aliphatic heterocycles. The lowest BCUT2D eigenvalue weighted by Gasteiger charge is -2.20. The van der Waals surface area contributed by atoms with E-state index in [-0.39, 0.29) is 29.3 Å². The Kier molecular flexibility index (Phi) is 6.59. The van der Waals surface area contributed by atoms with E-state index in [4.69, 9.17) is 27.9 Å². The Hall–Kier alpha value is -0.970. The summed E-state index contributed by atoms with van der Waals surface area (Å²) in [5.74, 6) is 0.0552. The molecule has 112 valence electrons. The summed E-state index contributed by atoms with van der Waals surface area (Å²) in [5, 5.41) is 12.8. The molecule has 2 unspecified atom stereocenters. The molecule has 20 heavy (non-hydrogen) atoms. The lowest BCUT2D eigenvalue weighted by Crippen LogP contribution is -2.41. The second kappa shape index (κ2) is 7.72. The third-order valence-corrected chi connectivity index (χ3v) is 3.42. The van der Waals surface area contributed by atoms with Gasteiger partial charge in [-0.15, -0.1) is 0 Å². The molecule has 4 nitrogen and oxygen atoms in total. The topological polar surface area (TPSA) is 58.6 Å². The van der Waals surface area contributed by atoms with Crippen LogP contribution in [0.15, 0.2) is 12.1 Å². The maximum absolute atomic E-state index is 11.9. The average Bonchev–Trinajstić information content (AvgIpc) is 2.40. The van der Waals surface area contributed by atoms with Crippen molar-refractivity contribution in [2.45, 2.75) is 45.9 Å². The minimum atomic E-state index is -0.715. The van der Waals surface area contributed by atoms with Crippen LogP contribution in [0.25, 0.3) is 0 Å². The molecule has 0 aliphatic rings. The maximum Gasteiger partial charge on any atom is 0.260 e. The minimum absolute atomic E-state index is 0.0755. The molecule has 1 aromatic carbocycles. The third-order valence-electron chi connectivity index (χ3n) is 2.92. The molecule has 1 aromatic rings. The smallest absolute Gasteiger partial charge is 0.260 e. The highest BCUT2D eigenvalue weighted by Crippen LogP contribution is 2.33. The Bertz CT molecular complexity index is 480. The van der Waals surface area contributed by atoms with Gasteiger partial charge in [0.15, 0.2) is 6.10 Å². The molecule has 0 fully saturated rings. The molecular formula is C14H19Cl2NO3. The monoisotopic (exact) mass is 319 g/mol. The largest absolute Gasteiger partial charge is 0.479 e. The molecule has 0 aliphatic carbocycles. The number of rotatable bonds is 6. The first-order valence-electron chi connectivity index (χ1n) is 6.44. The lowest BCUT2D eigenvalue weighted by molar-refractivity contribution is -0.127. The zero-order valence-corrected chi connectivity index (χ0v) is 13.3. The average molecular weight is 320 g/mol. The summed E-state index contributed by atoms with van der Waals surface area (Å²) in [6.45, 7) is 5.26. The quantitative estimate of drug-likeness (QED) is 0.846. The van der Waals surface area contributed by atoms with E-state index in [1.807, 2.05) is 13.8 Å². The summed E-state index contributed by atoms with van der Waals surface area (Å²) in [7, 11) is 0. The van der Waals surface area contributed by atoms with Gasteiger partial charge in [-0.05, 0) is 32.4 Å². The third kappa shape index (κ3) is 4.54. The first-order chi connectivity index (χ1) is 9.38. The molecule has 0 saturated heterocycles. The molecular weight excluding hydrogens is 301 g/mol. The van der Waals surface area contributed by atoms with Crippen molar-refractivity contribution in [1.29, 1.82) is 0 Å². The molecule has 1 amide bonds. The van der Waals surface area contributed by atoms with E-state index < -0.39 is 6.10 Å². The van der Waals surface area contributed by atoms with Gasteiger partial charge in [0.2, 0.25) is 0 Å². The van der Waals surface area contributed by atoms with Gasteiger partial charge in [-0.2, -0.15) is 0 Å². The highest BCUT2D eigenvalue weighted by atomic mass is 35.5. The van der Waals surface area contributed by atoms with Gasteiger partial charge in [0.05, 0.1) is 11.6 Å². The zero-order chi connectivity index (χ0) is 15.3. The van der Waals surface area contributed by atoms with Crippen LogP contribution in [0.4, 0.5) is 0 Å². The van der Waals surface area contributed by atoms with Crippen molar-refractivity contribution in [2.24, 2.45) is 0 Å². The summed E-state index contributed by atoms with van der Waals surface area (Å²) in [4.78, 5) is 11.9. The number of aliphatic hydroxyl groups excluding tert-OH is 1. The van der Waals surface area contributed by atoms with Crippen molar-refractivity contribution < 1.29 is 14.6 Å². The van der Waals surface area contributed by atoms with E-state index in [2.05, 4.69) is 5.32 Å². The van der Waals surface area contributed by atoms with Gasteiger partial charge in [0.1, 0.15) is 5.75 Å². The van der Waals surface area contributed by atoms with Crippen molar-refractivity contribution in [3.8, 4) is 5.75 Å². The van der Waals surface area contributed by atoms with Crippen LogP contribution in [-0.2, 0) is 11.4 Å². The van der Waals surface area contributed by atoms with Crippen LogP contribution >= 0.6 is 23.2 Å². The van der Waals surface area contributed by atoms with Crippen LogP contribution in [0.5, 0.6) is 5.75 Å². The van der Waals surface area contributed by atoms with E-state index in [0.717, 1.165) is 6.42 Å². The van der Waals surface area contributed by atoms with Crippen LogP contribution < -0.4 is 10.1 Å². The van der Waals surface area contributed by atoms with Crippen LogP contribution in [0.3, 0.4) is 0 Å². The fraction of sp³-hybridized carbons (Fsp3) is 0.500. The summed E-state index contributed by atoms with van der Waals surface area (Å²) in [6.07, 6.45) is 0.121. The predicted octanol–water partition coefficient (Wildman–Crippen LogP) is 3.17. The predicted molar refractivity (Wildman–Crippen MR) is 80.4 cm³/mol. The minimum Gasteiger partial charge on any atom is -0.479 e. The zero-order valence-electron chi connectivity index (χ0n) is 11.7. The van der Waals surface area contributed by atoms with E-state index in [1.54, 1.807) is 13.0 Å². The highest BCUT2D eigenvalue weighted by Gasteiger charge is 2.19. The molecule has 0 heterocycles. The molecule has 0 radical (unpaired) electrons. The highest BCUT2D eigenvalue weighted by molar-refractivity contribution is 6.35. The molecule has 0 aromatic heterocycles. The first-order valence-corrected chi connectivity index (χ1v) is 7.20. The molecule has 0 saturated carbocycles. The van der Waals surface area contributed by atoms with Crippen LogP contribution in [0, 0.1) is 0 Å². The second-order valence-corrected chi connectivity index (χ2v) is 5.46. The van der Waals surface area contributed by atoms with Crippen molar-refractivity contribution in [2.75, 3.05) is 0 Å². The lowest BCUT2D eigenvalue weighted by atomic mass is 10.2. The Morgan fingerprint density at radius 2 is 2.05 bits per heavy atom. The normalized spacial score (nSPS) is 13.7. The number of amides is 1. The van der Waals surface area contributed by atoms with Gasteiger partial charge in [-0.25, -0.2) is 0 Å². The molecule has 0 spiro atoms. The van der Waals surface area contributed by atoms with Gasteiger partial charge in [0, 0.05) is 16.6 Å². The van der Waals surface area contributed by atoms with Crippen molar-refractivity contribution in [3.63, 3.8) is 0 Å². The van der Waals surface area contributed by atoms with Crippen LogP contribution in [-0.4, -0.2) is 23.2 Å². The Labute approximate surface area is 129 Å². The summed E-state index contributed by atoms with van der Waals surface area (Å²) < 4.78 is 5.57. The van der Waals surface area contributed by atoms with E-state index in [1.165, 1.54) is 6.07 Å². The Morgan fingerprint density at radius 1 is 1.40 bits per heavy atom. The number of carbonyl (C=O) groups is 1. The number of aliphatic hydroxyl groups is 1. The SMILES string of the molecule is CCC(C)NC(=O)C(C)Oc1c(Cl)cc(Cl)cc1CO. The number of ether oxygens (including phenoxy) is 1. The number of hydrogen-bond acceptors (Lipinski definition) is 3. The molecule has 0 bridgehead atoms. The Balaban J connectivity index is 2.85. The molecule has 6 heteroatoms. The van der Waals surface area contributed by atoms with Gasteiger partial charge < -0.3 is 15.2 Å². The van der Waals surface area contributed by atoms with E-state index in [0.29, 0.717) is 10.6 Å². The summed E-state index contributed by atoms with van der Waals surface area (Å²) in [6, 6.07) is 3.14. The van der Waals surface area contributed by atoms with Gasteiger partial charge in [-0.3, -0.25) is 4.79 Å². The Morgan fingerprint density at radius 3 is 2.60 bits per heavy atom. The number of nitrogens with one attached hydrogen (secondary N) is 1. The van der Waals surface area contributed by atoms with Crippen molar-refractivity contribution >= 4 is 29.1 Å². The standard InChI is InChI=1S/C14H19Cl2NO3/c1-4-8(2)17-14(19)9(3)20-13-10(7-18)5-11(15)6-12(13)16/h5-6,8-9,18H,4,7H2,1-3H3,(H,17,19). The second-order valence-electron chi connectivity index (χ2n) is 4.61. The van der Waals surface area contributed by atoms with Crippen LogP contribution in [0.2, 0.25) is 10.0 Å². The van der Waals surface area contributed by atoms with Crippen molar-refractivity contribution in [3.05, 3.63) is 27.7 Å². The summed E-state index contributed by atoms with van der Waals surface area (Å²) >= 11 is 11.9. The van der Waals surface area contributed by atoms with Gasteiger partial charge in [-0.1, -0.05) is 30.1 Å². The number of hydrogen-bond donors (Lipinski definition) is 2. The molecule has 1 rings (SSSR count). The van der Waals surface area contributed by atoms with Crippen molar-refractivity contribution in [1.82, 2.24) is 5.32 Å². The maximum atomic E-state index is 11.9. The van der Waals surface area contributed by atoms with Gasteiger partial charge in [0.25, 0.3) is 5.91 Å². The van der Waals surface area contributed by atoms with Gasteiger partial charge >= 0.3 is 0 Å². The number of halogens is 2. The van der Waals surface area contributed by atoms with Crippen LogP contribution in [0.1, 0.15) is 32.8 Å². The molecule has 2 N–H and O–H groups in total. The number of benzene rings is 1. The molecule has 2 atom stereocenters. The fourth-order valence-electron chi connectivity index (χ4n) is 1.56.